The molecule has 1 fully saturated rings. The molecule has 1 aromatic carbocycles. The molecule has 2 rings (SSSR count). The topological polar surface area (TPSA) is 23.8 Å². The van der Waals surface area contributed by atoms with Gasteiger partial charge in [-0.25, -0.2) is 0 Å². The molecule has 1 heteroatoms. The highest BCUT2D eigenvalue weighted by Gasteiger charge is 2.19. The van der Waals surface area contributed by atoms with Crippen molar-refractivity contribution in [3.8, 4) is 6.07 Å². The molecule has 0 saturated heterocycles. The Morgan fingerprint density at radius 1 is 1.20 bits per heavy atom. The molecular formula is C14H17N. The van der Waals surface area contributed by atoms with Crippen molar-refractivity contribution < 1.29 is 0 Å². The summed E-state index contributed by atoms with van der Waals surface area (Å²) >= 11 is 0. The summed E-state index contributed by atoms with van der Waals surface area (Å²) in [6.07, 6.45) is 5.25. The summed E-state index contributed by atoms with van der Waals surface area (Å²) in [5.74, 6) is 1.58. The first-order valence-electron chi connectivity index (χ1n) is 5.79. The second kappa shape index (κ2) is 4.49. The lowest BCUT2D eigenvalue weighted by Gasteiger charge is -2.26. The fourth-order valence-corrected chi connectivity index (χ4v) is 2.46. The van der Waals surface area contributed by atoms with Crippen molar-refractivity contribution in [2.24, 2.45) is 5.92 Å². The molecule has 1 saturated carbocycles. The van der Waals surface area contributed by atoms with E-state index < -0.39 is 0 Å². The Morgan fingerprint density at radius 3 is 2.60 bits per heavy atom. The highest BCUT2D eigenvalue weighted by Crippen LogP contribution is 2.35. The Morgan fingerprint density at radius 2 is 1.93 bits per heavy atom. The normalized spacial score (nSPS) is 25.9. The van der Waals surface area contributed by atoms with Crippen LogP contribution >= 0.6 is 0 Å². The SMILES string of the molecule is C[C@H]1CC[C@@H](c2cccc(C#N)c2)CC1. The zero-order valence-corrected chi connectivity index (χ0v) is 9.24. The van der Waals surface area contributed by atoms with E-state index in [2.05, 4.69) is 25.1 Å². The molecule has 1 aliphatic carbocycles. The molecule has 0 atom stereocenters. The lowest BCUT2D eigenvalue weighted by atomic mass is 9.79. The summed E-state index contributed by atoms with van der Waals surface area (Å²) in [7, 11) is 0. The van der Waals surface area contributed by atoms with Crippen molar-refractivity contribution in [2.75, 3.05) is 0 Å². The lowest BCUT2D eigenvalue weighted by molar-refractivity contribution is 0.348. The summed E-state index contributed by atoms with van der Waals surface area (Å²) in [5.41, 5.74) is 2.16. The zero-order valence-electron chi connectivity index (χ0n) is 9.24. The number of nitrogens with zero attached hydrogens (tertiary/aromatic N) is 1. The number of nitriles is 1. The molecule has 0 heterocycles. The van der Waals surface area contributed by atoms with E-state index in [1.54, 1.807) is 0 Å². The van der Waals surface area contributed by atoms with Gasteiger partial charge in [0.1, 0.15) is 0 Å². The van der Waals surface area contributed by atoms with Crippen molar-refractivity contribution in [2.45, 2.75) is 38.5 Å². The number of rotatable bonds is 1. The summed E-state index contributed by atoms with van der Waals surface area (Å²) in [5, 5.41) is 8.85. The average molecular weight is 199 g/mol. The predicted molar refractivity (Wildman–Crippen MR) is 61.5 cm³/mol. The molecule has 78 valence electrons. The van der Waals surface area contributed by atoms with Crippen molar-refractivity contribution >= 4 is 0 Å². The van der Waals surface area contributed by atoms with Gasteiger partial charge in [-0.1, -0.05) is 31.9 Å². The van der Waals surface area contributed by atoms with Crippen LogP contribution in [0.15, 0.2) is 24.3 Å². The Labute approximate surface area is 91.7 Å². The maximum Gasteiger partial charge on any atom is 0.0991 e. The van der Waals surface area contributed by atoms with Gasteiger partial charge >= 0.3 is 0 Å². The van der Waals surface area contributed by atoms with Crippen LogP contribution in [-0.4, -0.2) is 0 Å². The van der Waals surface area contributed by atoms with Crippen LogP contribution in [0.5, 0.6) is 0 Å². The van der Waals surface area contributed by atoms with Crippen LogP contribution < -0.4 is 0 Å². The standard InChI is InChI=1S/C14H17N/c1-11-5-7-13(8-6-11)14-4-2-3-12(9-14)10-15/h2-4,9,11,13H,5-8H2,1H3/t11-,13+. The second-order valence-corrected chi connectivity index (χ2v) is 4.69. The molecule has 0 aromatic heterocycles. The minimum atomic E-state index is 0.689. The van der Waals surface area contributed by atoms with E-state index >= 15 is 0 Å². The van der Waals surface area contributed by atoms with Crippen molar-refractivity contribution in [1.82, 2.24) is 0 Å². The van der Waals surface area contributed by atoms with Crippen LogP contribution in [-0.2, 0) is 0 Å². The smallest absolute Gasteiger partial charge is 0.0991 e. The van der Waals surface area contributed by atoms with E-state index in [-0.39, 0.29) is 0 Å². The van der Waals surface area contributed by atoms with Crippen LogP contribution in [0.3, 0.4) is 0 Å². The highest BCUT2D eigenvalue weighted by atomic mass is 14.3. The molecule has 0 bridgehead atoms. The van der Waals surface area contributed by atoms with Gasteiger partial charge < -0.3 is 0 Å². The largest absolute Gasteiger partial charge is 0.192 e. The molecular weight excluding hydrogens is 182 g/mol. The molecule has 0 radical (unpaired) electrons. The molecule has 1 aromatic rings. The maximum absolute atomic E-state index is 8.85. The van der Waals surface area contributed by atoms with Crippen LogP contribution in [0, 0.1) is 17.2 Å². The van der Waals surface area contributed by atoms with Crippen LogP contribution in [0.25, 0.3) is 0 Å². The highest BCUT2D eigenvalue weighted by molar-refractivity contribution is 5.34. The third-order valence-electron chi connectivity index (χ3n) is 3.50. The third-order valence-corrected chi connectivity index (χ3v) is 3.50. The van der Waals surface area contributed by atoms with E-state index in [0.29, 0.717) is 5.92 Å². The minimum absolute atomic E-state index is 0.689. The Balaban J connectivity index is 2.12. The molecule has 0 spiro atoms. The van der Waals surface area contributed by atoms with Gasteiger partial charge in [-0.2, -0.15) is 5.26 Å². The van der Waals surface area contributed by atoms with Gasteiger partial charge in [-0.3, -0.25) is 0 Å². The summed E-state index contributed by atoms with van der Waals surface area (Å²) in [6, 6.07) is 10.3. The number of hydrogen-bond acceptors (Lipinski definition) is 1. The van der Waals surface area contributed by atoms with Gasteiger partial charge in [0.15, 0.2) is 0 Å². The fraction of sp³-hybridized carbons (Fsp3) is 0.500. The summed E-state index contributed by atoms with van der Waals surface area (Å²) in [4.78, 5) is 0. The van der Waals surface area contributed by atoms with Gasteiger partial charge in [0.2, 0.25) is 0 Å². The molecule has 0 N–H and O–H groups in total. The first kappa shape index (κ1) is 10.2. The van der Waals surface area contributed by atoms with E-state index in [9.17, 15) is 0 Å². The maximum atomic E-state index is 8.85. The van der Waals surface area contributed by atoms with Gasteiger partial charge in [0, 0.05) is 0 Å². The third kappa shape index (κ3) is 2.39. The Kier molecular flexibility index (Phi) is 3.06. The first-order valence-corrected chi connectivity index (χ1v) is 5.79. The fourth-order valence-electron chi connectivity index (χ4n) is 2.46. The first-order chi connectivity index (χ1) is 7.29. The Hall–Kier alpha value is -1.29. The molecule has 0 unspecified atom stereocenters. The van der Waals surface area contributed by atoms with Crippen LogP contribution in [0.4, 0.5) is 0 Å². The van der Waals surface area contributed by atoms with E-state index in [1.807, 2.05) is 12.1 Å². The number of hydrogen-bond donors (Lipinski definition) is 0. The van der Waals surface area contributed by atoms with Crippen molar-refractivity contribution in [1.29, 1.82) is 5.26 Å². The van der Waals surface area contributed by atoms with Crippen molar-refractivity contribution in [3.63, 3.8) is 0 Å². The van der Waals surface area contributed by atoms with Gasteiger partial charge in [-0.05, 0) is 42.4 Å². The van der Waals surface area contributed by atoms with E-state index in [4.69, 9.17) is 5.26 Å². The molecule has 1 nitrogen and oxygen atoms in total. The van der Waals surface area contributed by atoms with E-state index in [0.717, 1.165) is 11.5 Å². The molecule has 0 aliphatic heterocycles. The average Bonchev–Trinajstić information content (AvgIpc) is 2.30. The van der Waals surface area contributed by atoms with Gasteiger partial charge in [0.25, 0.3) is 0 Å². The summed E-state index contributed by atoms with van der Waals surface area (Å²) in [6.45, 7) is 2.34. The molecule has 0 amide bonds. The van der Waals surface area contributed by atoms with Gasteiger partial charge in [0.05, 0.1) is 11.6 Å². The molecule has 1 aliphatic rings. The van der Waals surface area contributed by atoms with Crippen LogP contribution in [0.2, 0.25) is 0 Å². The minimum Gasteiger partial charge on any atom is -0.192 e. The monoisotopic (exact) mass is 199 g/mol. The summed E-state index contributed by atoms with van der Waals surface area (Å²) < 4.78 is 0. The molecule has 15 heavy (non-hydrogen) atoms. The number of benzene rings is 1. The quantitative estimate of drug-likeness (QED) is 0.674. The predicted octanol–water partition coefficient (Wildman–Crippen LogP) is 3.85. The van der Waals surface area contributed by atoms with Gasteiger partial charge in [-0.15, -0.1) is 0 Å². The second-order valence-electron chi connectivity index (χ2n) is 4.69. The lowest BCUT2D eigenvalue weighted by Crippen LogP contribution is -2.10. The Bertz CT molecular complexity index is 367. The zero-order chi connectivity index (χ0) is 10.7. The van der Waals surface area contributed by atoms with Crippen molar-refractivity contribution in [3.05, 3.63) is 35.4 Å². The van der Waals surface area contributed by atoms with E-state index in [1.165, 1.54) is 31.2 Å². The van der Waals surface area contributed by atoms with Crippen LogP contribution in [0.1, 0.15) is 49.7 Å².